The van der Waals surface area contributed by atoms with Crippen molar-refractivity contribution in [2.24, 2.45) is 0 Å². The molecule has 1 rings (SSSR count). The first-order chi connectivity index (χ1) is 4.34. The molecule has 0 aromatic heterocycles. The topological polar surface area (TPSA) is 17.1 Å². The van der Waals surface area contributed by atoms with Gasteiger partial charge in [0, 0.05) is 6.42 Å². The lowest BCUT2D eigenvalue weighted by Gasteiger charge is -2.16. The van der Waals surface area contributed by atoms with Crippen LogP contribution in [-0.2, 0) is 4.79 Å². The summed E-state index contributed by atoms with van der Waals surface area (Å²) < 4.78 is 0. The van der Waals surface area contributed by atoms with Crippen LogP contribution in [0.3, 0.4) is 0 Å². The largest absolute Gasteiger partial charge is 0.298 e. The van der Waals surface area contributed by atoms with Crippen LogP contribution < -0.4 is 0 Å². The highest BCUT2D eigenvalue weighted by atomic mass is 33.1. The lowest BCUT2D eigenvalue weighted by Crippen LogP contribution is -2.19. The maximum atomic E-state index is 11.0. The summed E-state index contributed by atoms with van der Waals surface area (Å²) in [7, 11) is 1.40. The summed E-state index contributed by atoms with van der Waals surface area (Å²) in [4.78, 5) is 11.0. The Morgan fingerprint density at radius 1 is 1.56 bits per heavy atom. The van der Waals surface area contributed by atoms with Crippen LogP contribution in [0.25, 0.3) is 0 Å². The second-order valence-corrected chi connectivity index (χ2v) is 3.72. The summed E-state index contributed by atoms with van der Waals surface area (Å²) in [6, 6.07) is 0. The van der Waals surface area contributed by atoms with Crippen molar-refractivity contribution in [1.82, 2.24) is 0 Å². The third kappa shape index (κ3) is 1.90. The van der Waals surface area contributed by atoms with Crippen LogP contribution >= 0.6 is 22.5 Å². The third-order valence-corrected chi connectivity index (χ3v) is 3.14. The number of thiol groups is 1. The van der Waals surface area contributed by atoms with Crippen LogP contribution in [0.2, 0.25) is 0 Å². The van der Waals surface area contributed by atoms with Gasteiger partial charge in [-0.1, -0.05) is 17.2 Å². The zero-order valence-electron chi connectivity index (χ0n) is 5.17. The molecular formula is C6H10OS2. The van der Waals surface area contributed by atoms with Gasteiger partial charge in [-0.3, -0.25) is 4.79 Å². The van der Waals surface area contributed by atoms with Gasteiger partial charge >= 0.3 is 0 Å². The van der Waals surface area contributed by atoms with Crippen molar-refractivity contribution >= 4 is 28.2 Å². The van der Waals surface area contributed by atoms with E-state index in [1.165, 1.54) is 17.2 Å². The van der Waals surface area contributed by atoms with Gasteiger partial charge in [0.15, 0.2) is 0 Å². The minimum atomic E-state index is 0.196. The van der Waals surface area contributed by atoms with Crippen molar-refractivity contribution in [3.05, 3.63) is 0 Å². The van der Waals surface area contributed by atoms with E-state index < -0.39 is 0 Å². The van der Waals surface area contributed by atoms with Crippen LogP contribution in [0.4, 0.5) is 0 Å². The summed E-state index contributed by atoms with van der Waals surface area (Å²) >= 11 is 4.02. The van der Waals surface area contributed by atoms with E-state index in [1.54, 1.807) is 0 Å². The average Bonchev–Trinajstić information content (AvgIpc) is 1.89. The molecule has 0 spiro atoms. The molecule has 0 bridgehead atoms. The summed E-state index contributed by atoms with van der Waals surface area (Å²) in [6.45, 7) is 0. The highest BCUT2D eigenvalue weighted by molar-refractivity contribution is 8.69. The van der Waals surface area contributed by atoms with Gasteiger partial charge in [-0.25, -0.2) is 0 Å². The van der Waals surface area contributed by atoms with E-state index in [4.69, 9.17) is 0 Å². The SMILES string of the molecule is O=C1CCCC[C@H]1SS. The minimum absolute atomic E-state index is 0.196. The molecule has 1 saturated carbocycles. The van der Waals surface area contributed by atoms with Gasteiger partial charge in [-0.15, -0.1) is 11.7 Å². The maximum Gasteiger partial charge on any atom is 0.146 e. The van der Waals surface area contributed by atoms with Gasteiger partial charge < -0.3 is 0 Å². The molecule has 1 fully saturated rings. The Balaban J connectivity index is 2.39. The number of Topliss-reactive ketones (excluding diaryl/α,β-unsaturated/α-hetero) is 1. The Bertz CT molecular complexity index is 114. The Kier molecular flexibility index (Phi) is 2.92. The van der Waals surface area contributed by atoms with Crippen molar-refractivity contribution in [1.29, 1.82) is 0 Å². The number of carbonyl (C=O) groups is 1. The quantitative estimate of drug-likeness (QED) is 0.469. The number of rotatable bonds is 1. The molecule has 1 atom stereocenters. The molecule has 3 heteroatoms. The fourth-order valence-electron chi connectivity index (χ4n) is 1.06. The molecule has 52 valence electrons. The maximum absolute atomic E-state index is 11.0. The first-order valence-electron chi connectivity index (χ1n) is 3.17. The lowest BCUT2D eigenvalue weighted by atomic mass is 9.99. The Labute approximate surface area is 64.4 Å². The summed E-state index contributed by atoms with van der Waals surface area (Å²) in [5.74, 6) is 0.390. The highest BCUT2D eigenvalue weighted by Crippen LogP contribution is 2.27. The number of hydrogen-bond donors (Lipinski definition) is 1. The Hall–Kier alpha value is 0.370. The van der Waals surface area contributed by atoms with Crippen LogP contribution in [0, 0.1) is 0 Å². The lowest BCUT2D eigenvalue weighted by molar-refractivity contribution is -0.119. The third-order valence-electron chi connectivity index (χ3n) is 1.63. The number of carbonyl (C=O) groups excluding carboxylic acids is 1. The monoisotopic (exact) mass is 162 g/mol. The molecule has 0 aliphatic heterocycles. The number of ketones is 1. The molecule has 0 saturated heterocycles. The number of hydrogen-bond acceptors (Lipinski definition) is 3. The minimum Gasteiger partial charge on any atom is -0.298 e. The first-order valence-corrected chi connectivity index (χ1v) is 5.10. The van der Waals surface area contributed by atoms with Gasteiger partial charge in [0.1, 0.15) is 5.78 Å². The second kappa shape index (κ2) is 3.52. The Morgan fingerprint density at radius 2 is 2.33 bits per heavy atom. The fraction of sp³-hybridized carbons (Fsp3) is 0.833. The van der Waals surface area contributed by atoms with Crippen LogP contribution in [-0.4, -0.2) is 11.0 Å². The van der Waals surface area contributed by atoms with E-state index in [9.17, 15) is 4.79 Å². The van der Waals surface area contributed by atoms with Gasteiger partial charge in [0.25, 0.3) is 0 Å². The molecule has 9 heavy (non-hydrogen) atoms. The van der Waals surface area contributed by atoms with Crippen LogP contribution in [0.1, 0.15) is 25.7 Å². The van der Waals surface area contributed by atoms with Gasteiger partial charge in [-0.2, -0.15) is 0 Å². The first kappa shape index (κ1) is 7.48. The van der Waals surface area contributed by atoms with E-state index in [-0.39, 0.29) is 5.25 Å². The average molecular weight is 162 g/mol. The van der Waals surface area contributed by atoms with Crippen molar-refractivity contribution in [3.63, 3.8) is 0 Å². The molecule has 1 aliphatic carbocycles. The predicted molar refractivity (Wildman–Crippen MR) is 43.8 cm³/mol. The zero-order valence-corrected chi connectivity index (χ0v) is 6.88. The Morgan fingerprint density at radius 3 is 2.78 bits per heavy atom. The van der Waals surface area contributed by atoms with E-state index in [0.717, 1.165) is 19.3 Å². The van der Waals surface area contributed by atoms with E-state index >= 15 is 0 Å². The van der Waals surface area contributed by atoms with E-state index in [2.05, 4.69) is 11.7 Å². The molecule has 0 radical (unpaired) electrons. The normalized spacial score (nSPS) is 28.6. The summed E-state index contributed by atoms with van der Waals surface area (Å²) in [5.41, 5.74) is 0. The molecule has 0 aromatic rings. The van der Waals surface area contributed by atoms with E-state index in [1.807, 2.05) is 0 Å². The van der Waals surface area contributed by atoms with Crippen molar-refractivity contribution in [2.45, 2.75) is 30.9 Å². The zero-order chi connectivity index (χ0) is 6.69. The molecular weight excluding hydrogens is 152 g/mol. The second-order valence-electron chi connectivity index (χ2n) is 2.31. The summed E-state index contributed by atoms with van der Waals surface area (Å²) in [6.07, 6.45) is 4.10. The van der Waals surface area contributed by atoms with Gasteiger partial charge in [0.2, 0.25) is 0 Å². The van der Waals surface area contributed by atoms with Crippen LogP contribution in [0.5, 0.6) is 0 Å². The van der Waals surface area contributed by atoms with Gasteiger partial charge in [-0.05, 0) is 12.8 Å². The molecule has 0 amide bonds. The molecule has 0 unspecified atom stereocenters. The molecule has 0 heterocycles. The van der Waals surface area contributed by atoms with Gasteiger partial charge in [0.05, 0.1) is 5.25 Å². The molecule has 1 aliphatic rings. The standard InChI is InChI=1S/C6H10OS2/c7-5-3-1-2-4-6(5)9-8/h6,8H,1-4H2/t6-/m1/s1. The van der Waals surface area contributed by atoms with Crippen molar-refractivity contribution < 1.29 is 4.79 Å². The molecule has 0 aromatic carbocycles. The van der Waals surface area contributed by atoms with E-state index in [0.29, 0.717) is 5.78 Å². The summed E-state index contributed by atoms with van der Waals surface area (Å²) in [5, 5.41) is 0.196. The smallest absolute Gasteiger partial charge is 0.146 e. The van der Waals surface area contributed by atoms with Crippen molar-refractivity contribution in [2.75, 3.05) is 0 Å². The molecule has 1 nitrogen and oxygen atoms in total. The fourth-order valence-corrected chi connectivity index (χ4v) is 2.24. The molecule has 0 N–H and O–H groups in total. The van der Waals surface area contributed by atoms with Crippen molar-refractivity contribution in [3.8, 4) is 0 Å². The van der Waals surface area contributed by atoms with Crippen LogP contribution in [0.15, 0.2) is 0 Å². The predicted octanol–water partition coefficient (Wildman–Crippen LogP) is 2.08. The highest BCUT2D eigenvalue weighted by Gasteiger charge is 2.20.